The maximum atomic E-state index is 13.4. The normalized spacial score (nSPS) is 35.8. The minimum Gasteiger partial charge on any atom is -0.371 e. The van der Waals surface area contributed by atoms with Gasteiger partial charge in [-0.05, 0) is 82.1 Å². The van der Waals surface area contributed by atoms with Crippen LogP contribution in [0.5, 0.6) is 0 Å². The van der Waals surface area contributed by atoms with Gasteiger partial charge in [0, 0.05) is 17.5 Å². The molecule has 0 aromatic carbocycles. The number of fused-ring (bicyclic) bond motifs is 3. The van der Waals surface area contributed by atoms with Crippen LogP contribution < -0.4 is 0 Å². The second-order valence-electron chi connectivity index (χ2n) is 9.09. The van der Waals surface area contributed by atoms with Crippen LogP contribution in [0.4, 0.5) is 4.39 Å². The zero-order valence-corrected chi connectivity index (χ0v) is 16.4. The van der Waals surface area contributed by atoms with Crippen molar-refractivity contribution in [2.24, 2.45) is 5.41 Å². The first-order valence-electron chi connectivity index (χ1n) is 10.5. The molecule has 27 heavy (non-hydrogen) atoms. The van der Waals surface area contributed by atoms with E-state index in [1.807, 2.05) is 17.0 Å². The summed E-state index contributed by atoms with van der Waals surface area (Å²) in [6.07, 6.45) is 17.5. The molecule has 1 spiro atoms. The molecule has 3 aliphatic carbocycles. The molecular weight excluding hydrogens is 339 g/mol. The molecule has 4 aliphatic rings. The molecule has 4 heteroatoms. The van der Waals surface area contributed by atoms with Gasteiger partial charge in [-0.3, -0.25) is 0 Å². The number of allylic oxidation sites excluding steroid dienone is 4. The van der Waals surface area contributed by atoms with E-state index in [1.165, 1.54) is 48.9 Å². The Kier molecular flexibility index (Phi) is 3.98. The minimum absolute atomic E-state index is 0.0233. The number of halogens is 1. The van der Waals surface area contributed by atoms with Gasteiger partial charge in [0.2, 0.25) is 0 Å². The molecule has 0 radical (unpaired) electrons. The molecule has 3 atom stereocenters. The first kappa shape index (κ1) is 17.4. The molecule has 144 valence electrons. The van der Waals surface area contributed by atoms with Crippen molar-refractivity contribution in [1.29, 1.82) is 0 Å². The molecule has 1 aromatic rings. The van der Waals surface area contributed by atoms with Crippen molar-refractivity contribution in [3.05, 3.63) is 41.0 Å². The van der Waals surface area contributed by atoms with Crippen LogP contribution >= 0.6 is 0 Å². The highest BCUT2D eigenvalue weighted by atomic mass is 19.1. The van der Waals surface area contributed by atoms with E-state index in [0.717, 1.165) is 18.5 Å². The molecule has 0 N–H and O–H groups in total. The van der Waals surface area contributed by atoms with Gasteiger partial charge < -0.3 is 4.74 Å². The maximum absolute atomic E-state index is 13.4. The Morgan fingerprint density at radius 3 is 2.81 bits per heavy atom. The highest BCUT2D eigenvalue weighted by molar-refractivity contribution is 5.65. The molecule has 0 unspecified atom stereocenters. The monoisotopic (exact) mass is 368 g/mol. The highest BCUT2D eigenvalue weighted by Gasteiger charge is 2.55. The molecule has 1 saturated carbocycles. The number of hydrogen-bond acceptors (Lipinski definition) is 2. The van der Waals surface area contributed by atoms with Crippen LogP contribution in [0, 0.1) is 5.41 Å². The van der Waals surface area contributed by atoms with Gasteiger partial charge in [0.15, 0.2) is 0 Å². The SMILES string of the molecule is C[C@H]1CCC[C@@]2(CCCC3=Cc4c(cnn4C4=CC=C(F)CC4)C[C@@]32C)O1. The Morgan fingerprint density at radius 2 is 2.04 bits per heavy atom. The molecule has 0 amide bonds. The zero-order valence-electron chi connectivity index (χ0n) is 16.4. The lowest BCUT2D eigenvalue weighted by atomic mass is 9.55. The Bertz CT molecular complexity index is 860. The zero-order chi connectivity index (χ0) is 18.6. The maximum Gasteiger partial charge on any atom is 0.100 e. The molecule has 3 nitrogen and oxygen atoms in total. The number of hydrogen-bond donors (Lipinski definition) is 0. The molecule has 1 saturated heterocycles. The summed E-state index contributed by atoms with van der Waals surface area (Å²) in [5.41, 5.74) is 5.16. The van der Waals surface area contributed by atoms with Gasteiger partial charge >= 0.3 is 0 Å². The fourth-order valence-corrected chi connectivity index (χ4v) is 5.92. The van der Waals surface area contributed by atoms with Gasteiger partial charge in [-0.2, -0.15) is 5.10 Å². The van der Waals surface area contributed by atoms with E-state index < -0.39 is 0 Å². The molecule has 0 bridgehead atoms. The summed E-state index contributed by atoms with van der Waals surface area (Å²) < 4.78 is 22.2. The van der Waals surface area contributed by atoms with Crippen molar-refractivity contribution >= 4 is 11.8 Å². The average molecular weight is 368 g/mol. The third kappa shape index (κ3) is 2.60. The van der Waals surface area contributed by atoms with E-state index in [9.17, 15) is 4.39 Å². The Hall–Kier alpha value is -1.68. The van der Waals surface area contributed by atoms with E-state index in [0.29, 0.717) is 18.9 Å². The third-order valence-corrected chi connectivity index (χ3v) is 7.45. The summed E-state index contributed by atoms with van der Waals surface area (Å²) in [6, 6.07) is 0. The Balaban J connectivity index is 1.55. The van der Waals surface area contributed by atoms with Crippen molar-refractivity contribution in [2.45, 2.75) is 83.3 Å². The Labute approximate surface area is 161 Å². The largest absolute Gasteiger partial charge is 0.371 e. The van der Waals surface area contributed by atoms with Crippen LogP contribution in [0.2, 0.25) is 0 Å². The van der Waals surface area contributed by atoms with Gasteiger partial charge in [-0.1, -0.05) is 12.5 Å². The first-order chi connectivity index (χ1) is 13.0. The third-order valence-electron chi connectivity index (χ3n) is 7.45. The molecule has 2 fully saturated rings. The predicted octanol–water partition coefficient (Wildman–Crippen LogP) is 5.83. The lowest BCUT2D eigenvalue weighted by molar-refractivity contribution is -0.187. The quantitative estimate of drug-likeness (QED) is 0.624. The van der Waals surface area contributed by atoms with Gasteiger partial charge in [-0.15, -0.1) is 0 Å². The lowest BCUT2D eigenvalue weighted by Crippen LogP contribution is -2.56. The van der Waals surface area contributed by atoms with Crippen LogP contribution in [0.1, 0.15) is 76.5 Å². The summed E-state index contributed by atoms with van der Waals surface area (Å²) in [4.78, 5) is 0. The smallest absolute Gasteiger partial charge is 0.100 e. The molecular formula is C23H29FN2O. The number of nitrogens with zero attached hydrogens (tertiary/aromatic N) is 2. The van der Waals surface area contributed by atoms with Crippen LogP contribution in [0.3, 0.4) is 0 Å². The highest BCUT2D eigenvalue weighted by Crippen LogP contribution is 2.58. The standard InChI is InChI=1S/C23H29FN2O/c1-16-5-3-11-23(27-16)12-4-6-18-13-21-17(14-22(18,23)2)15-25-26(21)20-9-7-19(24)8-10-20/h7,9,13,15-16H,3-6,8,10-12,14H2,1-2H3/t16-,22-,23-/m0/s1. The lowest BCUT2D eigenvalue weighted by Gasteiger charge is -2.57. The average Bonchev–Trinajstić information content (AvgIpc) is 3.04. The van der Waals surface area contributed by atoms with Gasteiger partial charge in [-0.25, -0.2) is 9.07 Å². The van der Waals surface area contributed by atoms with Crippen molar-refractivity contribution in [1.82, 2.24) is 9.78 Å². The number of aromatic nitrogens is 2. The van der Waals surface area contributed by atoms with E-state index in [1.54, 1.807) is 6.08 Å². The number of rotatable bonds is 1. The van der Waals surface area contributed by atoms with Crippen molar-refractivity contribution < 1.29 is 9.13 Å². The van der Waals surface area contributed by atoms with E-state index in [-0.39, 0.29) is 16.8 Å². The van der Waals surface area contributed by atoms with Crippen LogP contribution in [-0.4, -0.2) is 21.5 Å². The molecule has 1 aliphatic heterocycles. The summed E-state index contributed by atoms with van der Waals surface area (Å²) in [7, 11) is 0. The van der Waals surface area contributed by atoms with E-state index >= 15 is 0 Å². The fourth-order valence-electron chi connectivity index (χ4n) is 5.92. The number of ether oxygens (including phenoxy) is 1. The molecule has 2 heterocycles. The van der Waals surface area contributed by atoms with Gasteiger partial charge in [0.1, 0.15) is 5.83 Å². The summed E-state index contributed by atoms with van der Waals surface area (Å²) >= 11 is 0. The summed E-state index contributed by atoms with van der Waals surface area (Å²) in [6.45, 7) is 4.66. The Morgan fingerprint density at radius 1 is 1.19 bits per heavy atom. The summed E-state index contributed by atoms with van der Waals surface area (Å²) in [5.74, 6) is -0.0384. The minimum atomic E-state index is -0.0384. The van der Waals surface area contributed by atoms with Crippen LogP contribution in [-0.2, 0) is 11.2 Å². The second kappa shape index (κ2) is 6.16. The van der Waals surface area contributed by atoms with Gasteiger partial charge in [0.25, 0.3) is 0 Å². The van der Waals surface area contributed by atoms with Crippen molar-refractivity contribution in [3.63, 3.8) is 0 Å². The van der Waals surface area contributed by atoms with Gasteiger partial charge in [0.05, 0.1) is 23.6 Å². The summed E-state index contributed by atoms with van der Waals surface area (Å²) in [5, 5.41) is 4.70. The first-order valence-corrected chi connectivity index (χ1v) is 10.5. The predicted molar refractivity (Wildman–Crippen MR) is 106 cm³/mol. The molecule has 1 aromatic heterocycles. The molecule has 5 rings (SSSR count). The van der Waals surface area contributed by atoms with Crippen molar-refractivity contribution in [2.75, 3.05) is 0 Å². The van der Waals surface area contributed by atoms with E-state index in [4.69, 9.17) is 9.84 Å². The topological polar surface area (TPSA) is 27.1 Å². The van der Waals surface area contributed by atoms with Crippen molar-refractivity contribution in [3.8, 4) is 0 Å². The fraction of sp³-hybridized carbons (Fsp3) is 0.609. The van der Waals surface area contributed by atoms with Crippen LogP contribution in [0.15, 0.2) is 29.7 Å². The van der Waals surface area contributed by atoms with Crippen LogP contribution in [0.25, 0.3) is 11.8 Å². The second-order valence-corrected chi connectivity index (χ2v) is 9.09. The van der Waals surface area contributed by atoms with E-state index in [2.05, 4.69) is 19.9 Å².